The number of nitrogens with one attached hydrogen (secondary N) is 2. The Hall–Kier alpha value is -2.25. The van der Waals surface area contributed by atoms with Crippen molar-refractivity contribution in [2.45, 2.75) is 33.4 Å². The van der Waals surface area contributed by atoms with Crippen LogP contribution in [-0.2, 0) is 11.3 Å². The lowest BCUT2D eigenvalue weighted by Crippen LogP contribution is -2.31. The molecule has 2 N–H and O–H groups in total. The summed E-state index contributed by atoms with van der Waals surface area (Å²) >= 11 is 0. The smallest absolute Gasteiger partial charge is 0.244 e. The van der Waals surface area contributed by atoms with Gasteiger partial charge in [0.05, 0.1) is 5.69 Å². The largest absolute Gasteiger partial charge is 0.350 e. The van der Waals surface area contributed by atoms with Crippen molar-refractivity contribution in [1.82, 2.24) is 35.7 Å². The predicted molar refractivity (Wildman–Crippen MR) is 62.4 cm³/mol. The fourth-order valence-electron chi connectivity index (χ4n) is 1.62. The highest BCUT2D eigenvalue weighted by molar-refractivity contribution is 5.79. The van der Waals surface area contributed by atoms with Crippen LogP contribution in [0.1, 0.15) is 29.9 Å². The zero-order valence-electron chi connectivity index (χ0n) is 10.5. The molecule has 8 nitrogen and oxygen atoms in total. The third-order valence-electron chi connectivity index (χ3n) is 2.86. The van der Waals surface area contributed by atoms with Crippen molar-refractivity contribution in [2.75, 3.05) is 0 Å². The molecule has 0 spiro atoms. The molecule has 2 aromatic heterocycles. The lowest BCUT2D eigenvalue weighted by Gasteiger charge is -2.11. The molecule has 8 heteroatoms. The Balaban J connectivity index is 1.97. The van der Waals surface area contributed by atoms with Crippen LogP contribution >= 0.6 is 0 Å². The molecule has 0 saturated carbocycles. The van der Waals surface area contributed by atoms with Gasteiger partial charge in [-0.15, -0.1) is 5.10 Å². The number of tetrazole rings is 1. The molecule has 0 aromatic carbocycles. The number of H-pyrrole nitrogens is 1. The van der Waals surface area contributed by atoms with E-state index in [1.807, 2.05) is 13.8 Å². The first-order chi connectivity index (χ1) is 8.59. The molecular formula is C10H15N7O. The highest BCUT2D eigenvalue weighted by Crippen LogP contribution is 2.09. The van der Waals surface area contributed by atoms with E-state index in [0.717, 1.165) is 17.0 Å². The van der Waals surface area contributed by atoms with Crippen molar-refractivity contribution < 1.29 is 4.79 Å². The van der Waals surface area contributed by atoms with E-state index in [1.165, 1.54) is 11.0 Å². The highest BCUT2D eigenvalue weighted by atomic mass is 16.2. The van der Waals surface area contributed by atoms with Gasteiger partial charge >= 0.3 is 0 Å². The lowest BCUT2D eigenvalue weighted by molar-refractivity contribution is -0.124. The SMILES string of the molecule is Cc1n[nH]c(C)c1CNC(=O)[C@H](C)n1cnnn1. The van der Waals surface area contributed by atoms with Gasteiger partial charge in [0.15, 0.2) is 0 Å². The third-order valence-corrected chi connectivity index (χ3v) is 2.86. The average Bonchev–Trinajstić information content (AvgIpc) is 2.97. The molecule has 1 atom stereocenters. The standard InChI is InChI=1S/C10H15N7O/c1-6-9(7(2)14-13-6)4-11-10(18)8(3)17-5-12-15-16-17/h5,8H,4H2,1-3H3,(H,11,18)(H,13,14)/t8-/m0/s1. The van der Waals surface area contributed by atoms with Gasteiger partial charge in [0, 0.05) is 17.8 Å². The van der Waals surface area contributed by atoms with Gasteiger partial charge in [0.1, 0.15) is 12.4 Å². The Labute approximate surface area is 104 Å². The second kappa shape index (κ2) is 4.94. The van der Waals surface area contributed by atoms with E-state index < -0.39 is 6.04 Å². The fourth-order valence-corrected chi connectivity index (χ4v) is 1.62. The van der Waals surface area contributed by atoms with Crippen molar-refractivity contribution in [3.05, 3.63) is 23.3 Å². The summed E-state index contributed by atoms with van der Waals surface area (Å²) in [5.74, 6) is -0.137. The van der Waals surface area contributed by atoms with E-state index in [2.05, 4.69) is 31.0 Å². The van der Waals surface area contributed by atoms with E-state index in [9.17, 15) is 4.79 Å². The van der Waals surface area contributed by atoms with Gasteiger partial charge < -0.3 is 5.32 Å². The number of carbonyl (C=O) groups excluding carboxylic acids is 1. The van der Waals surface area contributed by atoms with Crippen molar-refractivity contribution in [2.24, 2.45) is 0 Å². The molecular weight excluding hydrogens is 234 g/mol. The summed E-state index contributed by atoms with van der Waals surface area (Å²) in [6.07, 6.45) is 1.42. The minimum Gasteiger partial charge on any atom is -0.350 e. The second-order valence-electron chi connectivity index (χ2n) is 4.10. The number of hydrogen-bond acceptors (Lipinski definition) is 5. The van der Waals surface area contributed by atoms with Crippen LogP contribution in [0.3, 0.4) is 0 Å². The van der Waals surface area contributed by atoms with Crippen LogP contribution in [0.15, 0.2) is 6.33 Å². The van der Waals surface area contributed by atoms with Crippen LogP contribution in [0.4, 0.5) is 0 Å². The molecule has 0 aliphatic carbocycles. The first kappa shape index (κ1) is 12.2. The van der Waals surface area contributed by atoms with Gasteiger partial charge in [-0.25, -0.2) is 4.68 Å². The van der Waals surface area contributed by atoms with Crippen LogP contribution in [0.25, 0.3) is 0 Å². The quantitative estimate of drug-likeness (QED) is 0.787. The van der Waals surface area contributed by atoms with Crippen molar-refractivity contribution in [3.63, 3.8) is 0 Å². The number of aryl methyl sites for hydroxylation is 2. The van der Waals surface area contributed by atoms with Gasteiger partial charge in [0.2, 0.25) is 5.91 Å². The van der Waals surface area contributed by atoms with E-state index in [-0.39, 0.29) is 5.91 Å². The Morgan fingerprint density at radius 3 is 2.89 bits per heavy atom. The molecule has 0 fully saturated rings. The first-order valence-corrected chi connectivity index (χ1v) is 5.60. The van der Waals surface area contributed by atoms with Gasteiger partial charge in [-0.2, -0.15) is 5.10 Å². The molecule has 0 unspecified atom stereocenters. The minimum absolute atomic E-state index is 0.137. The molecule has 2 aromatic rings. The van der Waals surface area contributed by atoms with Gasteiger partial charge in [-0.3, -0.25) is 9.89 Å². The number of aromatic amines is 1. The maximum atomic E-state index is 11.9. The zero-order chi connectivity index (χ0) is 13.1. The Morgan fingerprint density at radius 2 is 2.33 bits per heavy atom. The van der Waals surface area contributed by atoms with Crippen LogP contribution in [0, 0.1) is 13.8 Å². The maximum Gasteiger partial charge on any atom is 0.244 e. The topological polar surface area (TPSA) is 101 Å². The highest BCUT2D eigenvalue weighted by Gasteiger charge is 2.16. The Kier molecular flexibility index (Phi) is 3.35. The zero-order valence-corrected chi connectivity index (χ0v) is 10.5. The molecule has 2 heterocycles. The fraction of sp³-hybridized carbons (Fsp3) is 0.500. The molecule has 18 heavy (non-hydrogen) atoms. The molecule has 0 aliphatic rings. The Morgan fingerprint density at radius 1 is 1.56 bits per heavy atom. The number of hydrogen-bond donors (Lipinski definition) is 2. The van der Waals surface area contributed by atoms with Crippen molar-refractivity contribution in [3.8, 4) is 0 Å². The second-order valence-corrected chi connectivity index (χ2v) is 4.10. The van der Waals surface area contributed by atoms with Gasteiger partial charge in [0.25, 0.3) is 0 Å². The van der Waals surface area contributed by atoms with Crippen LogP contribution < -0.4 is 5.32 Å². The summed E-state index contributed by atoms with van der Waals surface area (Å²) < 4.78 is 1.41. The van der Waals surface area contributed by atoms with E-state index in [0.29, 0.717) is 6.54 Å². The normalized spacial score (nSPS) is 12.4. The number of amides is 1. The third kappa shape index (κ3) is 2.36. The first-order valence-electron chi connectivity index (χ1n) is 5.60. The number of rotatable bonds is 4. The summed E-state index contributed by atoms with van der Waals surface area (Å²) in [7, 11) is 0. The van der Waals surface area contributed by atoms with E-state index in [1.54, 1.807) is 6.92 Å². The summed E-state index contributed by atoms with van der Waals surface area (Å²) in [6.45, 7) is 6.00. The monoisotopic (exact) mass is 249 g/mol. The predicted octanol–water partition coefficient (Wildman–Crippen LogP) is -0.110. The van der Waals surface area contributed by atoms with Gasteiger partial charge in [-0.1, -0.05) is 0 Å². The lowest BCUT2D eigenvalue weighted by atomic mass is 10.2. The molecule has 96 valence electrons. The molecule has 0 aliphatic heterocycles. The van der Waals surface area contributed by atoms with Crippen molar-refractivity contribution >= 4 is 5.91 Å². The van der Waals surface area contributed by atoms with E-state index in [4.69, 9.17) is 0 Å². The molecule has 0 saturated heterocycles. The molecule has 2 rings (SSSR count). The van der Waals surface area contributed by atoms with Crippen LogP contribution in [-0.4, -0.2) is 36.3 Å². The van der Waals surface area contributed by atoms with Crippen LogP contribution in [0.2, 0.25) is 0 Å². The summed E-state index contributed by atoms with van der Waals surface area (Å²) in [6, 6.07) is -0.437. The summed E-state index contributed by atoms with van der Waals surface area (Å²) in [5.41, 5.74) is 2.86. The summed E-state index contributed by atoms with van der Waals surface area (Å²) in [4.78, 5) is 11.9. The molecule has 1 amide bonds. The number of nitrogens with zero attached hydrogens (tertiary/aromatic N) is 5. The number of carbonyl (C=O) groups is 1. The van der Waals surface area contributed by atoms with Crippen LogP contribution in [0.5, 0.6) is 0 Å². The van der Waals surface area contributed by atoms with Crippen molar-refractivity contribution in [1.29, 1.82) is 0 Å². The maximum absolute atomic E-state index is 11.9. The molecule has 0 bridgehead atoms. The summed E-state index contributed by atoms with van der Waals surface area (Å²) in [5, 5.41) is 20.5. The number of aromatic nitrogens is 6. The molecule has 0 radical (unpaired) electrons. The van der Waals surface area contributed by atoms with Gasteiger partial charge in [-0.05, 0) is 31.2 Å². The Bertz CT molecular complexity index is 511. The van der Waals surface area contributed by atoms with E-state index >= 15 is 0 Å². The average molecular weight is 249 g/mol. The minimum atomic E-state index is -0.437.